The van der Waals surface area contributed by atoms with Gasteiger partial charge in [0.1, 0.15) is 0 Å². The number of aliphatic hydroxyl groups is 2. The molecule has 0 bridgehead atoms. The summed E-state index contributed by atoms with van der Waals surface area (Å²) >= 11 is 0. The average molecular weight is 693 g/mol. The molecule has 1 aromatic heterocycles. The minimum Gasteiger partial charge on any atom is -0.392 e. The summed E-state index contributed by atoms with van der Waals surface area (Å²) in [6.07, 6.45) is 10.0. The topological polar surface area (TPSA) is 53.4 Å². The molecule has 1 radical (unpaired) electrons. The van der Waals surface area contributed by atoms with Crippen molar-refractivity contribution in [1.82, 2.24) is 4.98 Å². The second-order valence-electron chi connectivity index (χ2n) is 11.6. The Balaban J connectivity index is 0.000000207. The van der Waals surface area contributed by atoms with E-state index in [1.165, 1.54) is 29.2 Å². The van der Waals surface area contributed by atoms with Gasteiger partial charge in [-0.05, 0) is 91.2 Å². The number of benzene rings is 2. The van der Waals surface area contributed by atoms with Crippen LogP contribution in [0.4, 0.5) is 0 Å². The molecule has 209 valence electrons. The van der Waals surface area contributed by atoms with Crippen molar-refractivity contribution in [2.75, 3.05) is 0 Å². The molecular weight excluding hydrogens is 647 g/mol. The van der Waals surface area contributed by atoms with Crippen molar-refractivity contribution in [1.29, 1.82) is 0 Å². The molecule has 3 nitrogen and oxygen atoms in total. The minimum atomic E-state index is -0.319. The van der Waals surface area contributed by atoms with E-state index < -0.39 is 0 Å². The zero-order valence-corrected chi connectivity index (χ0v) is 26.2. The molecule has 2 N–H and O–H groups in total. The molecule has 1 heterocycles. The molecule has 2 aliphatic rings. The van der Waals surface area contributed by atoms with E-state index in [2.05, 4.69) is 69.9 Å². The van der Waals surface area contributed by atoms with Crippen molar-refractivity contribution in [2.45, 2.75) is 98.2 Å². The summed E-state index contributed by atoms with van der Waals surface area (Å²) in [6, 6.07) is 19.7. The van der Waals surface area contributed by atoms with E-state index in [-0.39, 0.29) is 49.1 Å². The number of pyridine rings is 1. The maximum Gasteiger partial charge on any atom is 0.0651 e. The molecule has 4 heteroatoms. The second-order valence-corrected chi connectivity index (χ2v) is 11.6. The van der Waals surface area contributed by atoms with E-state index in [0.29, 0.717) is 5.92 Å². The van der Waals surface area contributed by atoms with Gasteiger partial charge >= 0.3 is 0 Å². The third-order valence-corrected chi connectivity index (χ3v) is 10.1. The summed E-state index contributed by atoms with van der Waals surface area (Å²) in [7, 11) is 0. The largest absolute Gasteiger partial charge is 0.392 e. The molecule has 2 aromatic carbocycles. The third kappa shape index (κ3) is 5.80. The van der Waals surface area contributed by atoms with Gasteiger partial charge in [0, 0.05) is 32.2 Å². The number of nitrogens with zero attached hydrogens (tertiary/aromatic N) is 1. The Bertz CT molecular complexity index is 1160. The summed E-state index contributed by atoms with van der Waals surface area (Å²) in [6.45, 7) is 10.9. The molecule has 3 aromatic rings. The number of aliphatic hydroxyl groups excluding tert-OH is 2. The number of fused-ring (bicyclic) bond motifs is 2. The smallest absolute Gasteiger partial charge is 0.0651 e. The van der Waals surface area contributed by atoms with Gasteiger partial charge < -0.3 is 15.2 Å². The standard InChI is InChI=1S/C18H34O2.C16H12N.Ir/c1-5-17(6-2)11-9-10-13-12-18(7-3,8-4)16(20)14(13)15(17)19;1-12-7-8-15-14(11-12)9-10-17-16(15)13-5-3-2-4-6-13;/h13-16,19-20H,5-12H2,1-4H3;2-5,7-11H,1H3;/q;-1;. The number of hydrogen-bond donors (Lipinski definition) is 2. The van der Waals surface area contributed by atoms with Crippen LogP contribution in [0.3, 0.4) is 0 Å². The van der Waals surface area contributed by atoms with E-state index in [9.17, 15) is 10.2 Å². The van der Waals surface area contributed by atoms with Gasteiger partial charge in [-0.25, -0.2) is 0 Å². The molecule has 0 aliphatic heterocycles. The molecule has 4 unspecified atom stereocenters. The van der Waals surface area contributed by atoms with E-state index >= 15 is 0 Å². The Kier molecular flexibility index (Phi) is 10.7. The van der Waals surface area contributed by atoms with Crippen LogP contribution in [-0.2, 0) is 20.1 Å². The van der Waals surface area contributed by atoms with Gasteiger partial charge in [0.05, 0.1) is 12.2 Å². The Labute approximate surface area is 243 Å². The van der Waals surface area contributed by atoms with Crippen molar-refractivity contribution in [3.8, 4) is 11.3 Å². The minimum absolute atomic E-state index is 0. The van der Waals surface area contributed by atoms with Crippen LogP contribution >= 0.6 is 0 Å². The normalized spacial score (nSPS) is 25.4. The first-order valence-corrected chi connectivity index (χ1v) is 14.5. The van der Waals surface area contributed by atoms with Crippen molar-refractivity contribution >= 4 is 10.8 Å². The SMILES string of the molecule is CCC1(CC)CCCC2CC(CC)(CC)C(O)C2C1O.Cc1ccc2c(-c3[c-]cccc3)nccc2c1.[Ir]. The first-order chi connectivity index (χ1) is 17.8. The molecular formula is C34H46IrNO2-. The number of aryl methyl sites for hydroxylation is 1. The summed E-state index contributed by atoms with van der Waals surface area (Å²) in [4.78, 5) is 4.48. The van der Waals surface area contributed by atoms with E-state index in [1.54, 1.807) is 0 Å². The summed E-state index contributed by atoms with van der Waals surface area (Å²) in [5.74, 6) is 0.636. The van der Waals surface area contributed by atoms with Gasteiger partial charge in [0.25, 0.3) is 0 Å². The van der Waals surface area contributed by atoms with Crippen molar-refractivity contribution < 1.29 is 30.3 Å². The van der Waals surface area contributed by atoms with Crippen LogP contribution in [0.1, 0.15) is 84.6 Å². The Morgan fingerprint density at radius 1 is 0.921 bits per heavy atom. The molecule has 0 saturated heterocycles. The van der Waals surface area contributed by atoms with E-state index in [4.69, 9.17) is 0 Å². The maximum atomic E-state index is 11.1. The molecule has 5 rings (SSSR count). The Morgan fingerprint density at radius 2 is 1.61 bits per heavy atom. The number of aromatic nitrogens is 1. The van der Waals surface area contributed by atoms with Crippen LogP contribution in [0, 0.1) is 35.7 Å². The Morgan fingerprint density at radius 3 is 2.24 bits per heavy atom. The monoisotopic (exact) mass is 693 g/mol. The van der Waals surface area contributed by atoms with Crippen LogP contribution in [0.15, 0.2) is 54.7 Å². The summed E-state index contributed by atoms with van der Waals surface area (Å²) in [5.41, 5.74) is 3.41. The summed E-state index contributed by atoms with van der Waals surface area (Å²) in [5, 5.41) is 24.5. The fraction of sp³-hybridized carbons (Fsp3) is 0.559. The van der Waals surface area contributed by atoms with Crippen molar-refractivity contribution in [2.24, 2.45) is 22.7 Å². The molecule has 0 spiro atoms. The zero-order chi connectivity index (χ0) is 26.6. The fourth-order valence-corrected chi connectivity index (χ4v) is 7.47. The average Bonchev–Trinajstić information content (AvgIpc) is 3.14. The zero-order valence-electron chi connectivity index (χ0n) is 23.8. The molecule has 2 aliphatic carbocycles. The van der Waals surface area contributed by atoms with Gasteiger partial charge in [0.2, 0.25) is 0 Å². The van der Waals surface area contributed by atoms with Crippen LogP contribution in [-0.4, -0.2) is 27.4 Å². The molecule has 2 fully saturated rings. The third-order valence-electron chi connectivity index (χ3n) is 10.1. The predicted octanol–water partition coefficient (Wildman–Crippen LogP) is 8.15. The predicted molar refractivity (Wildman–Crippen MR) is 154 cm³/mol. The van der Waals surface area contributed by atoms with Crippen LogP contribution in [0.25, 0.3) is 22.0 Å². The van der Waals surface area contributed by atoms with E-state index in [0.717, 1.165) is 49.8 Å². The van der Waals surface area contributed by atoms with Crippen molar-refractivity contribution in [3.05, 3.63) is 66.4 Å². The first kappa shape index (κ1) is 31.0. The second kappa shape index (κ2) is 13.2. The van der Waals surface area contributed by atoms with Crippen LogP contribution < -0.4 is 0 Å². The van der Waals surface area contributed by atoms with Gasteiger partial charge in [-0.3, -0.25) is 0 Å². The molecule has 38 heavy (non-hydrogen) atoms. The number of rotatable bonds is 5. The quantitative estimate of drug-likeness (QED) is 0.266. The summed E-state index contributed by atoms with van der Waals surface area (Å²) < 4.78 is 0. The van der Waals surface area contributed by atoms with E-state index in [1.807, 2.05) is 30.5 Å². The van der Waals surface area contributed by atoms with Crippen LogP contribution in [0.5, 0.6) is 0 Å². The Hall–Kier alpha value is -1.58. The maximum absolute atomic E-state index is 11.1. The molecule has 2 saturated carbocycles. The van der Waals surface area contributed by atoms with Crippen LogP contribution in [0.2, 0.25) is 0 Å². The number of hydrogen-bond acceptors (Lipinski definition) is 3. The molecule has 0 amide bonds. The van der Waals surface area contributed by atoms with Gasteiger partial charge in [-0.15, -0.1) is 35.9 Å². The van der Waals surface area contributed by atoms with Gasteiger partial charge in [-0.2, -0.15) is 0 Å². The van der Waals surface area contributed by atoms with Crippen molar-refractivity contribution in [3.63, 3.8) is 0 Å². The molecule has 4 atom stereocenters. The van der Waals surface area contributed by atoms with Gasteiger partial charge in [-0.1, -0.05) is 57.9 Å². The van der Waals surface area contributed by atoms with Gasteiger partial charge in [0.15, 0.2) is 0 Å². The first-order valence-electron chi connectivity index (χ1n) is 14.5. The fourth-order valence-electron chi connectivity index (χ4n) is 7.47.